The molecule has 126 valence electrons. The first-order chi connectivity index (χ1) is 10.7. The zero-order chi connectivity index (χ0) is 17.3. The number of hydrogen-bond donors (Lipinski definition) is 2. The highest BCUT2D eigenvalue weighted by molar-refractivity contribution is 5.82. The molecule has 1 aliphatic carbocycles. The number of esters is 1. The van der Waals surface area contributed by atoms with Gasteiger partial charge >= 0.3 is 12.1 Å². The average Bonchev–Trinajstić information content (AvgIpc) is 3.26. The number of carbonyl (C=O) groups excluding carboxylic acids is 2. The predicted molar refractivity (Wildman–Crippen MR) is 80.8 cm³/mol. The molecule has 1 amide bonds. The third-order valence-corrected chi connectivity index (χ3v) is 3.58. The van der Waals surface area contributed by atoms with Gasteiger partial charge in [-0.25, -0.2) is 19.6 Å². The summed E-state index contributed by atoms with van der Waals surface area (Å²) in [6.07, 6.45) is 2.36. The lowest BCUT2D eigenvalue weighted by Gasteiger charge is -2.20. The van der Waals surface area contributed by atoms with E-state index in [0.717, 1.165) is 0 Å². The summed E-state index contributed by atoms with van der Waals surface area (Å²) in [5, 5.41) is 12.5. The van der Waals surface area contributed by atoms with Crippen LogP contribution in [0.2, 0.25) is 0 Å². The quantitative estimate of drug-likeness (QED) is 0.805. The Hall–Kier alpha value is -2.22. The summed E-state index contributed by atoms with van der Waals surface area (Å²) < 4.78 is 9.68. The van der Waals surface area contributed by atoms with Gasteiger partial charge in [0.15, 0.2) is 6.10 Å². The smallest absolute Gasteiger partial charge is 0.414 e. The molecule has 1 atom stereocenters. The monoisotopic (exact) mass is 323 g/mol. The largest absolute Gasteiger partial charge is 0.467 e. The zero-order valence-electron chi connectivity index (χ0n) is 13.6. The number of aromatic nitrogens is 2. The van der Waals surface area contributed by atoms with Gasteiger partial charge in [-0.3, -0.25) is 5.32 Å². The number of anilines is 1. The van der Waals surface area contributed by atoms with Gasteiger partial charge in [0.25, 0.3) is 0 Å². The molecular weight excluding hydrogens is 302 g/mol. The van der Waals surface area contributed by atoms with Crippen molar-refractivity contribution in [2.45, 2.75) is 50.7 Å². The number of rotatable bonds is 4. The molecule has 1 fully saturated rings. The van der Waals surface area contributed by atoms with E-state index in [0.29, 0.717) is 18.4 Å². The minimum Gasteiger partial charge on any atom is -0.467 e. The van der Waals surface area contributed by atoms with Crippen LogP contribution < -0.4 is 5.32 Å². The van der Waals surface area contributed by atoms with Gasteiger partial charge in [0.2, 0.25) is 5.95 Å². The SMILES string of the molecule is COC(=O)C(O)C1(c2cnc(NC(=O)OC(C)(C)C)nc2)CC1. The molecule has 8 heteroatoms. The molecular formula is C15H21N3O5. The molecule has 0 saturated heterocycles. The summed E-state index contributed by atoms with van der Waals surface area (Å²) in [4.78, 5) is 31.2. The Labute approximate surface area is 134 Å². The summed E-state index contributed by atoms with van der Waals surface area (Å²) in [5.74, 6) is -0.593. The van der Waals surface area contributed by atoms with Gasteiger partial charge in [0, 0.05) is 17.8 Å². The Morgan fingerprint density at radius 2 is 1.87 bits per heavy atom. The first-order valence-electron chi connectivity index (χ1n) is 7.26. The normalized spacial score (nSPS) is 17.1. The van der Waals surface area contributed by atoms with E-state index < -0.39 is 29.2 Å². The number of aliphatic hydroxyl groups is 1. The van der Waals surface area contributed by atoms with Crippen LogP contribution >= 0.6 is 0 Å². The second-order valence-electron chi connectivity index (χ2n) is 6.50. The van der Waals surface area contributed by atoms with E-state index in [-0.39, 0.29) is 5.95 Å². The highest BCUT2D eigenvalue weighted by Crippen LogP contribution is 2.51. The molecule has 23 heavy (non-hydrogen) atoms. The molecule has 8 nitrogen and oxygen atoms in total. The number of methoxy groups -OCH3 is 1. The number of ether oxygens (including phenoxy) is 2. The van der Waals surface area contributed by atoms with Gasteiger partial charge in [-0.1, -0.05) is 0 Å². The molecule has 1 heterocycles. The molecule has 0 aliphatic heterocycles. The highest BCUT2D eigenvalue weighted by atomic mass is 16.6. The minimum atomic E-state index is -1.25. The van der Waals surface area contributed by atoms with Crippen molar-refractivity contribution in [3.63, 3.8) is 0 Å². The predicted octanol–water partition coefficient (Wildman–Crippen LogP) is 1.39. The standard InChI is InChI=1S/C15H21N3O5/c1-14(2,3)23-13(21)18-12-16-7-9(8-17-12)15(5-6-15)10(19)11(20)22-4/h7-8,10,19H,5-6H2,1-4H3,(H,16,17,18,21). The molecule has 0 spiro atoms. The zero-order valence-corrected chi connectivity index (χ0v) is 13.6. The number of hydrogen-bond acceptors (Lipinski definition) is 7. The van der Waals surface area contributed by atoms with E-state index in [2.05, 4.69) is 20.0 Å². The van der Waals surface area contributed by atoms with Crippen LogP contribution in [-0.2, 0) is 19.7 Å². The summed E-state index contributed by atoms with van der Waals surface area (Å²) >= 11 is 0. The van der Waals surface area contributed by atoms with Gasteiger partial charge in [-0.15, -0.1) is 0 Å². The van der Waals surface area contributed by atoms with Crippen LogP contribution in [0.5, 0.6) is 0 Å². The minimum absolute atomic E-state index is 0.0892. The van der Waals surface area contributed by atoms with Crippen molar-refractivity contribution in [1.82, 2.24) is 9.97 Å². The lowest BCUT2D eigenvalue weighted by Crippen LogP contribution is -2.35. The summed E-state index contributed by atoms with van der Waals surface area (Å²) in [6, 6.07) is 0. The van der Waals surface area contributed by atoms with Crippen molar-refractivity contribution >= 4 is 18.0 Å². The Kier molecular flexibility index (Phi) is 4.56. The van der Waals surface area contributed by atoms with Gasteiger partial charge in [-0.05, 0) is 39.2 Å². The average molecular weight is 323 g/mol. The van der Waals surface area contributed by atoms with Crippen molar-refractivity contribution in [2.24, 2.45) is 0 Å². The molecule has 0 radical (unpaired) electrons. The van der Waals surface area contributed by atoms with Crippen LogP contribution in [0.4, 0.5) is 10.7 Å². The lowest BCUT2D eigenvalue weighted by atomic mass is 9.92. The Morgan fingerprint density at radius 1 is 1.30 bits per heavy atom. The van der Waals surface area contributed by atoms with Gasteiger partial charge in [0.05, 0.1) is 7.11 Å². The maximum Gasteiger partial charge on any atom is 0.414 e. The molecule has 2 rings (SSSR count). The summed E-state index contributed by atoms with van der Waals surface area (Å²) in [5.41, 5.74) is -0.685. The summed E-state index contributed by atoms with van der Waals surface area (Å²) in [6.45, 7) is 5.25. The number of nitrogens with one attached hydrogen (secondary N) is 1. The molecule has 0 bridgehead atoms. The van der Waals surface area contributed by atoms with Gasteiger partial charge in [-0.2, -0.15) is 0 Å². The van der Waals surface area contributed by atoms with Crippen molar-refractivity contribution in [3.8, 4) is 0 Å². The van der Waals surface area contributed by atoms with E-state index in [1.807, 2.05) is 0 Å². The van der Waals surface area contributed by atoms with Crippen molar-refractivity contribution in [1.29, 1.82) is 0 Å². The van der Waals surface area contributed by atoms with E-state index in [1.165, 1.54) is 19.5 Å². The number of nitrogens with zero attached hydrogens (tertiary/aromatic N) is 2. The first-order valence-corrected chi connectivity index (χ1v) is 7.26. The highest BCUT2D eigenvalue weighted by Gasteiger charge is 2.54. The van der Waals surface area contributed by atoms with E-state index in [4.69, 9.17) is 4.74 Å². The molecule has 1 aromatic heterocycles. The second kappa shape index (κ2) is 6.11. The summed E-state index contributed by atoms with van der Waals surface area (Å²) in [7, 11) is 1.23. The molecule has 2 N–H and O–H groups in total. The van der Waals surface area contributed by atoms with Crippen LogP contribution in [0.1, 0.15) is 39.2 Å². The number of aliphatic hydroxyl groups excluding tert-OH is 1. The molecule has 1 unspecified atom stereocenters. The lowest BCUT2D eigenvalue weighted by molar-refractivity contribution is -0.152. The van der Waals surface area contributed by atoms with Gasteiger partial charge < -0.3 is 14.6 Å². The fourth-order valence-corrected chi connectivity index (χ4v) is 2.24. The number of amides is 1. The van der Waals surface area contributed by atoms with E-state index >= 15 is 0 Å². The Balaban J connectivity index is 2.05. The molecule has 1 aromatic rings. The Bertz CT molecular complexity index is 590. The fourth-order valence-electron chi connectivity index (χ4n) is 2.24. The van der Waals surface area contributed by atoms with Gasteiger partial charge in [0.1, 0.15) is 5.60 Å². The van der Waals surface area contributed by atoms with E-state index in [1.54, 1.807) is 20.8 Å². The number of carbonyl (C=O) groups is 2. The van der Waals surface area contributed by atoms with Crippen LogP contribution in [0.25, 0.3) is 0 Å². The third kappa shape index (κ3) is 3.95. The first kappa shape index (κ1) is 17.1. The maximum atomic E-state index is 11.6. The van der Waals surface area contributed by atoms with Crippen LogP contribution in [-0.4, -0.2) is 46.0 Å². The van der Waals surface area contributed by atoms with Crippen molar-refractivity contribution in [3.05, 3.63) is 18.0 Å². The molecule has 1 aliphatic rings. The Morgan fingerprint density at radius 3 is 2.30 bits per heavy atom. The topological polar surface area (TPSA) is 111 Å². The maximum absolute atomic E-state index is 11.6. The third-order valence-electron chi connectivity index (χ3n) is 3.58. The van der Waals surface area contributed by atoms with Crippen molar-refractivity contribution < 1.29 is 24.2 Å². The fraction of sp³-hybridized carbons (Fsp3) is 0.600. The molecule has 0 aromatic carbocycles. The van der Waals surface area contributed by atoms with Crippen LogP contribution in [0.15, 0.2) is 12.4 Å². The van der Waals surface area contributed by atoms with Crippen molar-refractivity contribution in [2.75, 3.05) is 12.4 Å². The van der Waals surface area contributed by atoms with E-state index in [9.17, 15) is 14.7 Å². The molecule has 1 saturated carbocycles. The second-order valence-corrected chi connectivity index (χ2v) is 6.50. The van der Waals surface area contributed by atoms with Crippen LogP contribution in [0.3, 0.4) is 0 Å². The van der Waals surface area contributed by atoms with Crippen LogP contribution in [0, 0.1) is 0 Å².